The van der Waals surface area contributed by atoms with Crippen LogP contribution in [0.15, 0.2) is 164 Å². The summed E-state index contributed by atoms with van der Waals surface area (Å²) in [4.78, 5) is 35.1. The van der Waals surface area contributed by atoms with Crippen LogP contribution in [-0.2, 0) is 74.6 Å². The van der Waals surface area contributed by atoms with Gasteiger partial charge in [-0.1, -0.05) is 190 Å². The van der Waals surface area contributed by atoms with E-state index < -0.39 is 14.8 Å². The predicted molar refractivity (Wildman–Crippen MR) is 364 cm³/mol. The molecule has 0 atom stereocenters. The normalized spacial score (nSPS) is 12.6. The van der Waals surface area contributed by atoms with Gasteiger partial charge < -0.3 is 28.4 Å². The molecule has 0 saturated heterocycles. The molecule has 0 aromatic heterocycles. The molecule has 1 aliphatic carbocycles. The van der Waals surface area contributed by atoms with Gasteiger partial charge in [-0.05, 0) is 116 Å². The van der Waals surface area contributed by atoms with Crippen molar-refractivity contribution in [2.75, 3.05) is 21.3 Å². The molecule has 480 valence electrons. The highest BCUT2D eigenvalue weighted by Crippen LogP contribution is 2.44. The van der Waals surface area contributed by atoms with Gasteiger partial charge >= 0.3 is 0 Å². The molecule has 0 fully saturated rings. The van der Waals surface area contributed by atoms with Gasteiger partial charge in [-0.3, -0.25) is 30.3 Å². The van der Waals surface area contributed by atoms with Crippen LogP contribution in [0, 0.1) is 30.3 Å². The van der Waals surface area contributed by atoms with E-state index in [1.54, 1.807) is 57.7 Å². The second kappa shape index (κ2) is 27.4. The predicted octanol–water partition coefficient (Wildman–Crippen LogP) is 17.9. The van der Waals surface area contributed by atoms with E-state index in [4.69, 9.17) is 28.4 Å². The third-order valence-electron chi connectivity index (χ3n) is 17.3. The first-order valence-electron chi connectivity index (χ1n) is 31.3. The summed E-state index contributed by atoms with van der Waals surface area (Å²) in [5.41, 5.74) is 14.7. The SMILES string of the molecule is COc1c2cc(C(C)(C)C)cc1Cc1cccc(c1OCc1cccc([N+](=O)[O-])c1)Cc1cc(C(C)(C)C)cc(c1OC)Cc1cccc(c1OCc1cccc([N+](=O)[O-])c1)Cc1cc(C(C)(C)C)cc(c1OC)Cc1cccc(c1OCc1cccc([N+](=O)[O-])c1)C2. The molecule has 0 aliphatic heterocycles. The van der Waals surface area contributed by atoms with Crippen molar-refractivity contribution in [3.05, 3.63) is 294 Å². The van der Waals surface area contributed by atoms with Crippen molar-refractivity contribution in [3.8, 4) is 34.5 Å². The van der Waals surface area contributed by atoms with Crippen molar-refractivity contribution < 1.29 is 43.2 Å². The third-order valence-corrected chi connectivity index (χ3v) is 17.3. The van der Waals surface area contributed by atoms with Gasteiger partial charge in [-0.25, -0.2) is 0 Å². The second-order valence-corrected chi connectivity index (χ2v) is 27.2. The maximum atomic E-state index is 12.1. The molecule has 9 aromatic carbocycles. The van der Waals surface area contributed by atoms with E-state index in [9.17, 15) is 30.3 Å². The van der Waals surface area contributed by atoms with Crippen molar-refractivity contribution >= 4 is 17.1 Å². The lowest BCUT2D eigenvalue weighted by Crippen LogP contribution is -2.15. The molecule has 0 N–H and O–H groups in total. The van der Waals surface area contributed by atoms with E-state index in [1.165, 1.54) is 18.2 Å². The molecule has 12 bridgehead atoms. The van der Waals surface area contributed by atoms with Gasteiger partial charge in [-0.15, -0.1) is 0 Å². The molecule has 0 radical (unpaired) electrons. The number of methoxy groups -OCH3 is 3. The van der Waals surface area contributed by atoms with Crippen LogP contribution in [0.2, 0.25) is 0 Å². The Hall–Kier alpha value is -10.0. The largest absolute Gasteiger partial charge is 0.496 e. The van der Waals surface area contributed by atoms with Crippen LogP contribution >= 0.6 is 0 Å². The molecule has 0 unspecified atom stereocenters. The first-order chi connectivity index (χ1) is 44.3. The second-order valence-electron chi connectivity index (χ2n) is 27.2. The number of fused-ring (bicyclic) bond motifs is 12. The number of rotatable bonds is 15. The fraction of sp³-hybridized carbons (Fsp3) is 0.308. The number of hydrogen-bond donors (Lipinski definition) is 0. The van der Waals surface area contributed by atoms with Crippen molar-refractivity contribution in [2.45, 2.75) is 137 Å². The summed E-state index contributed by atoms with van der Waals surface area (Å²) in [6, 6.07) is 51.3. The summed E-state index contributed by atoms with van der Waals surface area (Å²) >= 11 is 0. The highest BCUT2D eigenvalue weighted by Gasteiger charge is 2.29. The number of nitro benzene ring substituents is 3. The monoisotopic (exact) mass is 1250 g/mol. The number of non-ortho nitro benzene ring substituents is 3. The number of nitro groups is 3. The quantitative estimate of drug-likeness (QED) is 0.0700. The lowest BCUT2D eigenvalue weighted by Gasteiger charge is -2.26. The summed E-state index contributed by atoms with van der Waals surface area (Å²) < 4.78 is 40.8. The molecular formula is C78H81N3O12. The molecule has 93 heavy (non-hydrogen) atoms. The van der Waals surface area contributed by atoms with Gasteiger partial charge in [0.2, 0.25) is 0 Å². The molecule has 0 spiro atoms. The Morgan fingerprint density at radius 2 is 0.505 bits per heavy atom. The highest BCUT2D eigenvalue weighted by molar-refractivity contribution is 5.60. The van der Waals surface area contributed by atoms with Gasteiger partial charge in [0, 0.05) is 74.9 Å². The molecule has 10 rings (SSSR count). The van der Waals surface area contributed by atoms with Gasteiger partial charge in [0.05, 0.1) is 36.1 Å². The Morgan fingerprint density at radius 1 is 0.301 bits per heavy atom. The van der Waals surface area contributed by atoms with Crippen LogP contribution in [0.5, 0.6) is 34.5 Å². The minimum Gasteiger partial charge on any atom is -0.496 e. The molecule has 0 amide bonds. The summed E-state index contributed by atoms with van der Waals surface area (Å²) in [6.45, 7) is 19.8. The zero-order valence-corrected chi connectivity index (χ0v) is 55.2. The maximum absolute atomic E-state index is 12.1. The Bertz CT molecular complexity index is 3730. The fourth-order valence-electron chi connectivity index (χ4n) is 12.4. The number of benzene rings is 9. The molecular weight excluding hydrogens is 1170 g/mol. The van der Waals surface area contributed by atoms with Crippen LogP contribution < -0.4 is 28.4 Å². The first kappa shape index (κ1) is 65.9. The fourth-order valence-corrected chi connectivity index (χ4v) is 12.4. The van der Waals surface area contributed by atoms with Crippen LogP contribution in [0.1, 0.15) is 162 Å². The number of para-hydroxylation sites is 3. The minimum absolute atomic E-state index is 0.0381. The smallest absolute Gasteiger partial charge is 0.269 e. The Kier molecular flexibility index (Phi) is 19.4. The van der Waals surface area contributed by atoms with Crippen LogP contribution in [0.25, 0.3) is 0 Å². The zero-order chi connectivity index (χ0) is 66.5. The Balaban J connectivity index is 1.24. The van der Waals surface area contributed by atoms with Crippen molar-refractivity contribution in [1.29, 1.82) is 0 Å². The summed E-state index contributed by atoms with van der Waals surface area (Å²) in [5.74, 6) is 3.92. The van der Waals surface area contributed by atoms with Gasteiger partial charge in [-0.2, -0.15) is 0 Å². The Labute approximate surface area is 544 Å². The molecule has 0 saturated carbocycles. The minimum atomic E-state index is -0.404. The van der Waals surface area contributed by atoms with E-state index in [2.05, 4.69) is 135 Å². The molecule has 15 nitrogen and oxygen atoms in total. The van der Waals surface area contributed by atoms with Crippen LogP contribution in [-0.4, -0.2) is 36.1 Å². The number of hydrogen-bond acceptors (Lipinski definition) is 12. The Morgan fingerprint density at radius 3 is 0.688 bits per heavy atom. The lowest BCUT2D eigenvalue weighted by atomic mass is 9.81. The molecule has 15 heteroatoms. The lowest BCUT2D eigenvalue weighted by molar-refractivity contribution is -0.385. The van der Waals surface area contributed by atoms with E-state index >= 15 is 0 Å². The van der Waals surface area contributed by atoms with E-state index in [-0.39, 0.29) is 53.1 Å². The average Bonchev–Trinajstić information content (AvgIpc) is 0.832. The number of ether oxygens (including phenoxy) is 6. The van der Waals surface area contributed by atoms with E-state index in [0.29, 0.717) is 89.7 Å². The summed E-state index contributed by atoms with van der Waals surface area (Å²) in [5, 5.41) is 36.3. The van der Waals surface area contributed by atoms with Gasteiger partial charge in [0.25, 0.3) is 17.1 Å². The topological polar surface area (TPSA) is 185 Å². The van der Waals surface area contributed by atoms with Crippen molar-refractivity contribution in [3.63, 3.8) is 0 Å². The van der Waals surface area contributed by atoms with Gasteiger partial charge in [0.1, 0.15) is 54.3 Å². The van der Waals surface area contributed by atoms with Gasteiger partial charge in [0.15, 0.2) is 0 Å². The average molecular weight is 1250 g/mol. The standard InChI is InChI=1S/C78H81N3O12/c1-76(2,3)64-40-58-34-52-22-16-24-54(73(52)91-46-49-19-13-28-67(31-49)79(82)83)36-60-42-65(77(4,5)6)44-62(71(60)89-11)38-56-26-18-27-57(75(56)93-48-51-21-15-30-69(33-51)81(86)87)39-63-45-66(78(7,8)9)43-61(72(63)90-12)37-55-25-17-23-53(35-59(41-64)70(58)88-10)74(55)92-47-50-20-14-29-68(32-50)80(84)85/h13-33,40-45H,34-39,46-48H2,1-12H3. The summed E-state index contributed by atoms with van der Waals surface area (Å²) in [6.07, 6.45) is 2.25. The van der Waals surface area contributed by atoms with Crippen LogP contribution in [0.3, 0.4) is 0 Å². The zero-order valence-electron chi connectivity index (χ0n) is 55.2. The maximum Gasteiger partial charge on any atom is 0.269 e. The third kappa shape index (κ3) is 15.3. The van der Waals surface area contributed by atoms with E-state index in [0.717, 1.165) is 83.5 Å². The van der Waals surface area contributed by atoms with Crippen molar-refractivity contribution in [1.82, 2.24) is 0 Å². The van der Waals surface area contributed by atoms with Crippen molar-refractivity contribution in [2.24, 2.45) is 0 Å². The van der Waals surface area contributed by atoms with Crippen LogP contribution in [0.4, 0.5) is 17.1 Å². The number of nitrogens with zero attached hydrogens (tertiary/aromatic N) is 3. The molecule has 0 heterocycles. The first-order valence-corrected chi connectivity index (χ1v) is 31.3. The van der Waals surface area contributed by atoms with E-state index in [1.807, 2.05) is 36.4 Å². The molecule has 9 aromatic rings. The summed E-state index contributed by atoms with van der Waals surface area (Å²) in [7, 11) is 5.09. The highest BCUT2D eigenvalue weighted by atomic mass is 16.6. The molecule has 1 aliphatic rings.